The Bertz CT molecular complexity index is 80.4. The predicted molar refractivity (Wildman–Crippen MR) is 33.7 cm³/mol. The smallest absolute Gasteiger partial charge is 0.0754 e. The monoisotopic (exact) mass is 112 g/mol. The molecular weight excluding hydrogens is 100 g/mol. The van der Waals surface area contributed by atoms with E-state index in [2.05, 4.69) is 0 Å². The van der Waals surface area contributed by atoms with Crippen molar-refractivity contribution in [2.24, 2.45) is 5.92 Å². The lowest BCUT2D eigenvalue weighted by Crippen LogP contribution is -1.83. The highest BCUT2D eigenvalue weighted by Crippen LogP contribution is 2.25. The molecule has 1 rings (SSSR count). The van der Waals surface area contributed by atoms with Gasteiger partial charge in [0.1, 0.15) is 0 Å². The third-order valence-corrected chi connectivity index (χ3v) is 1.76. The van der Waals surface area contributed by atoms with Gasteiger partial charge in [0.05, 0.1) is 6.26 Å². The first-order valence-corrected chi connectivity index (χ1v) is 3.24. The first kappa shape index (κ1) is 5.67. The van der Waals surface area contributed by atoms with Crippen LogP contribution in [0.3, 0.4) is 0 Å². The average molecular weight is 112 g/mol. The second-order valence-electron chi connectivity index (χ2n) is 2.39. The molecule has 0 heterocycles. The molecule has 0 aromatic heterocycles. The minimum Gasteiger partial charge on any atom is -0.516 e. The Labute approximate surface area is 50.0 Å². The Balaban J connectivity index is 2.24. The molecule has 0 amide bonds. The van der Waals surface area contributed by atoms with Crippen molar-refractivity contribution in [3.63, 3.8) is 0 Å². The lowest BCUT2D eigenvalue weighted by Gasteiger charge is -1.95. The standard InChI is InChI=1S/C7H12O/c8-6-5-7-3-1-2-4-7/h5-8H,1-4H2. The maximum atomic E-state index is 8.35. The Kier molecular flexibility index (Phi) is 1.95. The van der Waals surface area contributed by atoms with Crippen molar-refractivity contribution in [2.45, 2.75) is 25.7 Å². The molecule has 1 fully saturated rings. The van der Waals surface area contributed by atoms with E-state index >= 15 is 0 Å². The zero-order chi connectivity index (χ0) is 5.82. The summed E-state index contributed by atoms with van der Waals surface area (Å²) < 4.78 is 0. The van der Waals surface area contributed by atoms with Crippen LogP contribution in [0.2, 0.25) is 0 Å². The molecule has 1 heteroatoms. The van der Waals surface area contributed by atoms with E-state index in [-0.39, 0.29) is 0 Å². The summed E-state index contributed by atoms with van der Waals surface area (Å²) >= 11 is 0. The summed E-state index contributed by atoms with van der Waals surface area (Å²) in [5, 5.41) is 8.35. The predicted octanol–water partition coefficient (Wildman–Crippen LogP) is 2.25. The van der Waals surface area contributed by atoms with Crippen molar-refractivity contribution in [3.8, 4) is 0 Å². The molecule has 0 aliphatic heterocycles. The van der Waals surface area contributed by atoms with Crippen molar-refractivity contribution in [3.05, 3.63) is 12.3 Å². The number of rotatable bonds is 1. The first-order valence-electron chi connectivity index (χ1n) is 3.24. The summed E-state index contributed by atoms with van der Waals surface area (Å²) in [4.78, 5) is 0. The van der Waals surface area contributed by atoms with E-state index in [1.807, 2.05) is 6.08 Å². The second-order valence-corrected chi connectivity index (χ2v) is 2.39. The summed E-state index contributed by atoms with van der Waals surface area (Å²) in [6, 6.07) is 0. The summed E-state index contributed by atoms with van der Waals surface area (Å²) in [6.07, 6.45) is 8.31. The third-order valence-electron chi connectivity index (χ3n) is 1.76. The Morgan fingerprint density at radius 3 is 2.38 bits per heavy atom. The number of aliphatic hydroxyl groups excluding tert-OH is 1. The molecule has 0 radical (unpaired) electrons. The molecule has 0 spiro atoms. The Hall–Kier alpha value is -0.460. The molecule has 8 heavy (non-hydrogen) atoms. The molecule has 1 N–H and O–H groups in total. The number of hydrogen-bond donors (Lipinski definition) is 1. The van der Waals surface area contributed by atoms with Gasteiger partial charge >= 0.3 is 0 Å². The van der Waals surface area contributed by atoms with Crippen molar-refractivity contribution in [1.29, 1.82) is 0 Å². The maximum Gasteiger partial charge on any atom is 0.0754 e. The molecule has 1 aliphatic carbocycles. The average Bonchev–Trinajstić information content (AvgIpc) is 2.19. The highest BCUT2D eigenvalue weighted by molar-refractivity contribution is 4.85. The van der Waals surface area contributed by atoms with Crippen LogP contribution >= 0.6 is 0 Å². The van der Waals surface area contributed by atoms with Crippen LogP contribution in [0.1, 0.15) is 25.7 Å². The van der Waals surface area contributed by atoms with Gasteiger partial charge in [-0.1, -0.05) is 12.8 Å². The minimum absolute atomic E-state index is 0.681. The lowest BCUT2D eigenvalue weighted by molar-refractivity contribution is 0.463. The van der Waals surface area contributed by atoms with E-state index in [1.54, 1.807) is 0 Å². The summed E-state index contributed by atoms with van der Waals surface area (Å²) in [6.45, 7) is 0. The molecule has 0 atom stereocenters. The molecule has 0 saturated heterocycles. The van der Waals surface area contributed by atoms with Gasteiger partial charge in [0, 0.05) is 0 Å². The van der Waals surface area contributed by atoms with Crippen LogP contribution in [-0.2, 0) is 0 Å². The fourth-order valence-corrected chi connectivity index (χ4v) is 1.27. The highest BCUT2D eigenvalue weighted by atomic mass is 16.2. The third kappa shape index (κ3) is 1.25. The molecule has 0 unspecified atom stereocenters. The van der Waals surface area contributed by atoms with Crippen LogP contribution in [-0.4, -0.2) is 5.11 Å². The van der Waals surface area contributed by atoms with Crippen LogP contribution in [0.4, 0.5) is 0 Å². The summed E-state index contributed by atoms with van der Waals surface area (Å²) in [5.41, 5.74) is 0. The topological polar surface area (TPSA) is 20.2 Å². The van der Waals surface area contributed by atoms with E-state index in [4.69, 9.17) is 5.11 Å². The van der Waals surface area contributed by atoms with Crippen LogP contribution in [0.15, 0.2) is 12.3 Å². The van der Waals surface area contributed by atoms with Crippen LogP contribution < -0.4 is 0 Å². The van der Waals surface area contributed by atoms with Gasteiger partial charge in [-0.05, 0) is 24.8 Å². The van der Waals surface area contributed by atoms with Gasteiger partial charge in [0.15, 0.2) is 0 Å². The Morgan fingerprint density at radius 1 is 1.25 bits per heavy atom. The van der Waals surface area contributed by atoms with Gasteiger partial charge in [-0.15, -0.1) is 0 Å². The molecule has 1 aliphatic rings. The van der Waals surface area contributed by atoms with Crippen molar-refractivity contribution >= 4 is 0 Å². The van der Waals surface area contributed by atoms with E-state index in [0.29, 0.717) is 5.92 Å². The zero-order valence-electron chi connectivity index (χ0n) is 5.01. The maximum absolute atomic E-state index is 8.35. The molecule has 0 bridgehead atoms. The number of aliphatic hydroxyl groups is 1. The van der Waals surface area contributed by atoms with E-state index < -0.39 is 0 Å². The number of allylic oxidation sites excluding steroid dienone is 1. The van der Waals surface area contributed by atoms with Gasteiger partial charge in [0.2, 0.25) is 0 Å². The molecule has 1 saturated carbocycles. The molecule has 1 nitrogen and oxygen atoms in total. The van der Waals surface area contributed by atoms with Gasteiger partial charge in [-0.3, -0.25) is 0 Å². The van der Waals surface area contributed by atoms with Crippen molar-refractivity contribution in [1.82, 2.24) is 0 Å². The van der Waals surface area contributed by atoms with Gasteiger partial charge in [-0.25, -0.2) is 0 Å². The molecule has 0 aromatic carbocycles. The summed E-state index contributed by atoms with van der Waals surface area (Å²) in [5.74, 6) is 0.681. The molecular formula is C7H12O. The van der Waals surface area contributed by atoms with Crippen molar-refractivity contribution in [2.75, 3.05) is 0 Å². The lowest BCUT2D eigenvalue weighted by atomic mass is 10.1. The van der Waals surface area contributed by atoms with Crippen LogP contribution in [0.25, 0.3) is 0 Å². The summed E-state index contributed by atoms with van der Waals surface area (Å²) in [7, 11) is 0. The fourth-order valence-electron chi connectivity index (χ4n) is 1.27. The fraction of sp³-hybridized carbons (Fsp3) is 0.714. The first-order chi connectivity index (χ1) is 3.93. The van der Waals surface area contributed by atoms with Crippen LogP contribution in [0.5, 0.6) is 0 Å². The largest absolute Gasteiger partial charge is 0.516 e. The van der Waals surface area contributed by atoms with Gasteiger partial charge in [0.25, 0.3) is 0 Å². The van der Waals surface area contributed by atoms with E-state index in [0.717, 1.165) is 0 Å². The highest BCUT2D eigenvalue weighted by Gasteiger charge is 2.10. The quantitative estimate of drug-likeness (QED) is 0.516. The minimum atomic E-state index is 0.681. The SMILES string of the molecule is OC=CC1CCCC1. The van der Waals surface area contributed by atoms with Crippen LogP contribution in [0, 0.1) is 5.92 Å². The second kappa shape index (κ2) is 2.75. The zero-order valence-corrected chi connectivity index (χ0v) is 5.01. The molecule has 0 aromatic rings. The normalized spacial score (nSPS) is 23.0. The van der Waals surface area contributed by atoms with Gasteiger partial charge < -0.3 is 5.11 Å². The van der Waals surface area contributed by atoms with E-state index in [9.17, 15) is 0 Å². The van der Waals surface area contributed by atoms with E-state index in [1.165, 1.54) is 31.9 Å². The Morgan fingerprint density at radius 2 is 1.88 bits per heavy atom. The van der Waals surface area contributed by atoms with Gasteiger partial charge in [-0.2, -0.15) is 0 Å². The molecule has 46 valence electrons. The van der Waals surface area contributed by atoms with Crippen molar-refractivity contribution < 1.29 is 5.11 Å². The number of hydrogen-bond acceptors (Lipinski definition) is 1.